The summed E-state index contributed by atoms with van der Waals surface area (Å²) in [6, 6.07) is 22.7. The molecule has 4 aromatic rings. The topological polar surface area (TPSA) is 98.7 Å². The second kappa shape index (κ2) is 12.5. The average molecular weight is 647 g/mol. The van der Waals surface area contributed by atoms with Crippen molar-refractivity contribution >= 4 is 11.9 Å². The smallest absolute Gasteiger partial charge is 0.545 e. The van der Waals surface area contributed by atoms with Crippen LogP contribution in [0.25, 0.3) is 0 Å². The van der Waals surface area contributed by atoms with Crippen LogP contribution in [0.1, 0.15) is 93.6 Å². The van der Waals surface area contributed by atoms with E-state index in [2.05, 4.69) is 0 Å². The molecule has 0 bridgehead atoms. The zero-order chi connectivity index (χ0) is 28.6. The standard InChI is InChI=1S/2C17H16O3.Cd/c2*1-10(2)12-7-8-15-13(16(12)17(18)19)9-11-5-3-4-6-14(11)20-15;/h2*3-8,10H,9H2,1-2H3,(H,18,19);/q;;+2/p-2. The first kappa shape index (κ1) is 30.3. The number of carboxylic acids is 2. The van der Waals surface area contributed by atoms with Crippen molar-refractivity contribution in [1.29, 1.82) is 0 Å². The molecule has 2 aliphatic rings. The second-order valence-electron chi connectivity index (χ2n) is 10.7. The zero-order valence-corrected chi connectivity index (χ0v) is 27.7. The Hall–Kier alpha value is -3.66. The van der Waals surface area contributed by atoms with Crippen molar-refractivity contribution < 1.29 is 56.6 Å². The molecule has 0 spiro atoms. The molecule has 41 heavy (non-hydrogen) atoms. The maximum atomic E-state index is 11.5. The van der Waals surface area contributed by atoms with E-state index in [1.807, 2.05) is 100 Å². The molecule has 2 aliphatic heterocycles. The van der Waals surface area contributed by atoms with Gasteiger partial charge in [-0.3, -0.25) is 0 Å². The zero-order valence-electron chi connectivity index (χ0n) is 23.7. The Balaban J connectivity index is 0.000000184. The number of carbonyl (C=O) groups excluding carboxylic acids is 2. The average Bonchev–Trinajstić information content (AvgIpc) is 2.93. The molecule has 0 saturated heterocycles. The minimum Gasteiger partial charge on any atom is -0.545 e. The Morgan fingerprint density at radius 3 is 1.29 bits per heavy atom. The van der Waals surface area contributed by atoms with Crippen LogP contribution in [-0.4, -0.2) is 11.9 Å². The number of fused-ring (bicyclic) bond motifs is 4. The van der Waals surface area contributed by atoms with Crippen LogP contribution in [0.3, 0.4) is 0 Å². The number of ether oxygens (including phenoxy) is 2. The third kappa shape index (κ3) is 6.03. The van der Waals surface area contributed by atoms with Gasteiger partial charge in [0.2, 0.25) is 0 Å². The number of hydrogen-bond acceptors (Lipinski definition) is 6. The van der Waals surface area contributed by atoms with Crippen molar-refractivity contribution in [3.05, 3.63) is 117 Å². The van der Waals surface area contributed by atoms with E-state index in [4.69, 9.17) is 9.47 Å². The summed E-state index contributed by atoms with van der Waals surface area (Å²) in [7, 11) is 0. The molecule has 0 aromatic heterocycles. The number of carbonyl (C=O) groups is 2. The van der Waals surface area contributed by atoms with E-state index in [-0.39, 0.29) is 50.3 Å². The van der Waals surface area contributed by atoms with Crippen molar-refractivity contribution in [2.24, 2.45) is 0 Å². The number of benzene rings is 4. The van der Waals surface area contributed by atoms with Crippen molar-refractivity contribution in [2.75, 3.05) is 0 Å². The van der Waals surface area contributed by atoms with Crippen LogP contribution in [0.2, 0.25) is 0 Å². The van der Waals surface area contributed by atoms with Crippen LogP contribution < -0.4 is 19.7 Å². The van der Waals surface area contributed by atoms with Crippen LogP contribution >= 0.6 is 0 Å². The van der Waals surface area contributed by atoms with Crippen LogP contribution in [0.5, 0.6) is 23.0 Å². The maximum Gasteiger partial charge on any atom is 2.00 e. The molecule has 0 N–H and O–H groups in total. The normalized spacial score (nSPS) is 12.2. The van der Waals surface area contributed by atoms with Gasteiger partial charge in [-0.1, -0.05) is 76.2 Å². The van der Waals surface area contributed by atoms with Gasteiger partial charge in [-0.15, -0.1) is 0 Å². The van der Waals surface area contributed by atoms with Crippen molar-refractivity contribution in [2.45, 2.75) is 52.4 Å². The van der Waals surface area contributed by atoms with Crippen LogP contribution in [0.4, 0.5) is 0 Å². The second-order valence-corrected chi connectivity index (χ2v) is 10.7. The van der Waals surface area contributed by atoms with E-state index in [0.29, 0.717) is 24.3 Å². The molecule has 6 nitrogen and oxygen atoms in total. The maximum absolute atomic E-state index is 11.5. The van der Waals surface area contributed by atoms with E-state index in [0.717, 1.165) is 44.9 Å². The fourth-order valence-electron chi connectivity index (χ4n) is 5.40. The summed E-state index contributed by atoms with van der Waals surface area (Å²) in [4.78, 5) is 23.1. The van der Waals surface area contributed by atoms with Gasteiger partial charge in [-0.05, 0) is 58.4 Å². The molecule has 204 valence electrons. The monoisotopic (exact) mass is 648 g/mol. The van der Waals surface area contributed by atoms with Crippen molar-refractivity contribution in [1.82, 2.24) is 0 Å². The minimum absolute atomic E-state index is 0. The third-order valence-corrected chi connectivity index (χ3v) is 7.38. The first-order chi connectivity index (χ1) is 19.2. The summed E-state index contributed by atoms with van der Waals surface area (Å²) in [5.74, 6) is 0.820. The van der Waals surface area contributed by atoms with E-state index >= 15 is 0 Å². The van der Waals surface area contributed by atoms with Gasteiger partial charge in [0.15, 0.2) is 0 Å². The summed E-state index contributed by atoms with van der Waals surface area (Å²) in [5.41, 5.74) is 5.61. The van der Waals surface area contributed by atoms with Gasteiger partial charge in [0.1, 0.15) is 23.0 Å². The molecule has 2 heterocycles. The Bertz CT molecular complexity index is 1500. The quantitative estimate of drug-likeness (QED) is 0.227. The van der Waals surface area contributed by atoms with E-state index in [1.54, 1.807) is 0 Å². The molecule has 0 radical (unpaired) electrons. The molecule has 7 heteroatoms. The molecular formula is C34H30CdO6. The Labute approximate surface area is 260 Å². The van der Waals surface area contributed by atoms with E-state index in [1.165, 1.54) is 0 Å². The van der Waals surface area contributed by atoms with E-state index in [9.17, 15) is 19.8 Å². The van der Waals surface area contributed by atoms with Crippen LogP contribution in [-0.2, 0) is 40.1 Å². The van der Waals surface area contributed by atoms with Crippen LogP contribution in [0, 0.1) is 0 Å². The van der Waals surface area contributed by atoms with Gasteiger partial charge in [0.05, 0.1) is 11.9 Å². The Kier molecular flexibility index (Phi) is 9.21. The first-order valence-electron chi connectivity index (χ1n) is 13.4. The van der Waals surface area contributed by atoms with Gasteiger partial charge < -0.3 is 29.3 Å². The van der Waals surface area contributed by atoms with Crippen molar-refractivity contribution in [3.63, 3.8) is 0 Å². The Morgan fingerprint density at radius 2 is 0.951 bits per heavy atom. The molecule has 0 atom stereocenters. The summed E-state index contributed by atoms with van der Waals surface area (Å²) in [5, 5.41) is 23.1. The summed E-state index contributed by atoms with van der Waals surface area (Å²) >= 11 is 0. The van der Waals surface area contributed by atoms with Gasteiger partial charge >= 0.3 is 27.3 Å². The minimum atomic E-state index is -1.13. The molecule has 0 fully saturated rings. The van der Waals surface area contributed by atoms with Gasteiger partial charge in [0, 0.05) is 35.1 Å². The summed E-state index contributed by atoms with van der Waals surface area (Å²) < 4.78 is 11.6. The number of rotatable bonds is 4. The van der Waals surface area contributed by atoms with Crippen LogP contribution in [0.15, 0.2) is 72.8 Å². The van der Waals surface area contributed by atoms with Crippen molar-refractivity contribution in [3.8, 4) is 23.0 Å². The summed E-state index contributed by atoms with van der Waals surface area (Å²) in [6.45, 7) is 7.91. The molecule has 4 aromatic carbocycles. The fraction of sp³-hybridized carbons (Fsp3) is 0.235. The van der Waals surface area contributed by atoms with Gasteiger partial charge in [-0.2, -0.15) is 0 Å². The first-order valence-corrected chi connectivity index (χ1v) is 13.4. The van der Waals surface area contributed by atoms with Gasteiger partial charge in [0.25, 0.3) is 0 Å². The third-order valence-electron chi connectivity index (χ3n) is 7.38. The predicted molar refractivity (Wildman–Crippen MR) is 148 cm³/mol. The molecule has 0 saturated carbocycles. The van der Waals surface area contributed by atoms with Gasteiger partial charge in [-0.25, -0.2) is 0 Å². The SMILES string of the molecule is CC(C)c1ccc2c(c1C(=O)[O-])Cc1ccccc1O2.CC(C)c1ccc2c(c1C(=O)[O-])Cc1ccccc1O2.[Cd+2]. The fourth-order valence-corrected chi connectivity index (χ4v) is 5.40. The molecule has 6 rings (SSSR count). The summed E-state index contributed by atoms with van der Waals surface area (Å²) in [6.07, 6.45) is 1.13. The number of para-hydroxylation sites is 2. The number of hydrogen-bond donors (Lipinski definition) is 0. The predicted octanol–water partition coefficient (Wildman–Crippen LogP) is 5.74. The number of aromatic carboxylic acids is 2. The molecular weight excluding hydrogens is 617 g/mol. The largest absolute Gasteiger partial charge is 2.00 e. The number of carboxylic acid groups (broad SMARTS) is 2. The molecule has 0 aliphatic carbocycles. The van der Waals surface area contributed by atoms with E-state index < -0.39 is 11.9 Å². The molecule has 0 unspecified atom stereocenters. The Morgan fingerprint density at radius 1 is 0.585 bits per heavy atom. The molecule has 0 amide bonds.